The van der Waals surface area contributed by atoms with E-state index in [0.29, 0.717) is 18.0 Å². The Labute approximate surface area is 225 Å². The number of carbonyl (C=O) groups excluding carboxylic acids is 2. The van der Waals surface area contributed by atoms with Crippen LogP contribution in [0.1, 0.15) is 57.5 Å². The molecule has 1 fully saturated rings. The third kappa shape index (κ3) is 5.41. The van der Waals surface area contributed by atoms with Crippen molar-refractivity contribution in [1.82, 2.24) is 9.88 Å². The second-order valence-electron chi connectivity index (χ2n) is 10.1. The van der Waals surface area contributed by atoms with Crippen LogP contribution in [0.3, 0.4) is 0 Å². The summed E-state index contributed by atoms with van der Waals surface area (Å²) >= 11 is 0. The Hall–Kier alpha value is -4.46. The zero-order valence-electron chi connectivity index (χ0n) is 21.5. The number of nitrogens with one attached hydrogen (secondary N) is 1. The summed E-state index contributed by atoms with van der Waals surface area (Å²) < 4.78 is 24.6. The summed E-state index contributed by atoms with van der Waals surface area (Å²) in [5.74, 6) is 0.387. The van der Waals surface area contributed by atoms with E-state index in [4.69, 9.17) is 9.15 Å². The monoisotopic (exact) mass is 525 g/mol. The largest absolute Gasteiger partial charge is 0.484 e. The number of nitrogens with zero attached hydrogens (tertiary/aromatic N) is 2. The molecule has 0 saturated heterocycles. The van der Waals surface area contributed by atoms with Gasteiger partial charge in [-0.3, -0.25) is 9.59 Å². The molecule has 2 aliphatic rings. The van der Waals surface area contributed by atoms with Crippen molar-refractivity contribution < 1.29 is 23.1 Å². The van der Waals surface area contributed by atoms with Gasteiger partial charge in [-0.25, -0.2) is 9.37 Å². The van der Waals surface area contributed by atoms with E-state index in [9.17, 15) is 14.0 Å². The molecule has 1 aliphatic carbocycles. The highest BCUT2D eigenvalue weighted by Crippen LogP contribution is 2.41. The minimum Gasteiger partial charge on any atom is -0.484 e. The number of fused-ring (bicyclic) bond motifs is 1. The third-order valence-corrected chi connectivity index (χ3v) is 7.16. The number of benzene rings is 3. The summed E-state index contributed by atoms with van der Waals surface area (Å²) in [6.07, 6.45) is 3.99. The van der Waals surface area contributed by atoms with Gasteiger partial charge in [0.25, 0.3) is 5.91 Å². The molecule has 2 heterocycles. The van der Waals surface area contributed by atoms with Gasteiger partial charge in [0.1, 0.15) is 17.8 Å². The molecular formula is C31H28FN3O4. The van der Waals surface area contributed by atoms with Gasteiger partial charge in [0, 0.05) is 18.2 Å². The van der Waals surface area contributed by atoms with E-state index in [1.807, 2.05) is 23.1 Å². The summed E-state index contributed by atoms with van der Waals surface area (Å²) in [4.78, 5) is 32.0. The third-order valence-electron chi connectivity index (χ3n) is 7.16. The van der Waals surface area contributed by atoms with Crippen molar-refractivity contribution in [1.29, 1.82) is 0 Å². The molecule has 8 heteroatoms. The fraction of sp³-hybridized carbons (Fsp3) is 0.258. The minimum atomic E-state index is -0.466. The Morgan fingerprint density at radius 3 is 2.69 bits per heavy atom. The van der Waals surface area contributed by atoms with Crippen molar-refractivity contribution in [3.8, 4) is 5.75 Å². The normalized spacial score (nSPS) is 16.5. The Kier molecular flexibility index (Phi) is 6.60. The van der Waals surface area contributed by atoms with Crippen molar-refractivity contribution in [3.63, 3.8) is 0 Å². The molecule has 198 valence electrons. The maximum Gasteiger partial charge on any atom is 0.277 e. The van der Waals surface area contributed by atoms with Crippen molar-refractivity contribution in [2.45, 2.75) is 38.8 Å². The van der Waals surface area contributed by atoms with E-state index in [1.54, 1.807) is 0 Å². The zero-order chi connectivity index (χ0) is 26.9. The number of oxazole rings is 1. The number of halogens is 1. The van der Waals surface area contributed by atoms with Gasteiger partial charge in [-0.15, -0.1) is 0 Å². The summed E-state index contributed by atoms with van der Waals surface area (Å²) in [6.45, 7) is 2.78. The van der Waals surface area contributed by atoms with Crippen LogP contribution in [0.2, 0.25) is 0 Å². The molecule has 1 saturated carbocycles. The van der Waals surface area contributed by atoms with Crippen LogP contribution in [0.25, 0.3) is 0 Å². The zero-order valence-corrected chi connectivity index (χ0v) is 21.5. The molecule has 2 amide bonds. The highest BCUT2D eigenvalue weighted by Gasteiger charge is 2.39. The molecular weight excluding hydrogens is 497 g/mol. The first-order chi connectivity index (χ1) is 18.9. The van der Waals surface area contributed by atoms with Crippen LogP contribution in [-0.2, 0) is 17.8 Å². The van der Waals surface area contributed by atoms with Crippen LogP contribution >= 0.6 is 0 Å². The first-order valence-electron chi connectivity index (χ1n) is 13.1. The molecule has 39 heavy (non-hydrogen) atoms. The van der Waals surface area contributed by atoms with Crippen LogP contribution in [0.5, 0.6) is 5.75 Å². The Morgan fingerprint density at radius 2 is 1.92 bits per heavy atom. The molecule has 6 rings (SSSR count). The SMILES string of the molecule is Cc1cccc(C2c3cc(OCc4nc(C(=O)Nc5ccc(F)cc5)co4)ccc3CCN2C(=O)C2CC2)c1. The number of hydrogen-bond acceptors (Lipinski definition) is 5. The standard InChI is InChI=1S/C31H28FN3O4/c1-19-3-2-4-22(15-19)29-26-16-25(12-7-20(26)13-14-35(29)31(37)21-5-6-21)38-18-28-34-27(17-39-28)30(36)33-24-10-8-23(32)9-11-24/h2-4,7-12,15-17,21,29H,5-6,13-14,18H2,1H3,(H,33,36). The number of rotatable bonds is 7. The number of aryl methyl sites for hydroxylation is 1. The highest BCUT2D eigenvalue weighted by molar-refractivity contribution is 6.02. The minimum absolute atomic E-state index is 0.0302. The van der Waals surface area contributed by atoms with E-state index < -0.39 is 5.91 Å². The van der Waals surface area contributed by atoms with Crippen molar-refractivity contribution in [2.75, 3.05) is 11.9 Å². The van der Waals surface area contributed by atoms with Gasteiger partial charge >= 0.3 is 0 Å². The van der Waals surface area contributed by atoms with Crippen LogP contribution in [0.15, 0.2) is 77.4 Å². The lowest BCUT2D eigenvalue weighted by Crippen LogP contribution is -2.41. The van der Waals surface area contributed by atoms with Gasteiger partial charge < -0.3 is 19.4 Å². The molecule has 0 radical (unpaired) electrons. The van der Waals surface area contributed by atoms with E-state index in [2.05, 4.69) is 41.5 Å². The lowest BCUT2D eigenvalue weighted by Gasteiger charge is -2.38. The lowest BCUT2D eigenvalue weighted by molar-refractivity contribution is -0.134. The summed E-state index contributed by atoms with van der Waals surface area (Å²) in [5.41, 5.74) is 5.04. The molecule has 1 unspecified atom stereocenters. The van der Waals surface area contributed by atoms with E-state index >= 15 is 0 Å². The van der Waals surface area contributed by atoms with Crippen LogP contribution in [0.4, 0.5) is 10.1 Å². The Morgan fingerprint density at radius 1 is 1.10 bits per heavy atom. The lowest BCUT2D eigenvalue weighted by atomic mass is 9.87. The van der Waals surface area contributed by atoms with Gasteiger partial charge in [0.2, 0.25) is 11.8 Å². The molecule has 4 aromatic rings. The van der Waals surface area contributed by atoms with Gasteiger partial charge in [-0.05, 0) is 79.3 Å². The number of amides is 2. The predicted molar refractivity (Wildman–Crippen MR) is 143 cm³/mol. The van der Waals surface area contributed by atoms with Crippen molar-refractivity contribution >= 4 is 17.5 Å². The van der Waals surface area contributed by atoms with Crippen LogP contribution in [-0.4, -0.2) is 28.2 Å². The smallest absolute Gasteiger partial charge is 0.277 e. The number of ether oxygens (including phenoxy) is 1. The molecule has 1 aromatic heterocycles. The number of anilines is 1. The number of hydrogen-bond donors (Lipinski definition) is 1. The maximum absolute atomic E-state index is 13.2. The quantitative estimate of drug-likeness (QED) is 0.328. The van der Waals surface area contributed by atoms with Crippen molar-refractivity contribution in [3.05, 3.63) is 113 Å². The maximum atomic E-state index is 13.2. The topological polar surface area (TPSA) is 84.7 Å². The van der Waals surface area contributed by atoms with Gasteiger partial charge in [0.05, 0.1) is 6.04 Å². The first-order valence-corrected chi connectivity index (χ1v) is 13.1. The Balaban J connectivity index is 1.19. The number of aromatic nitrogens is 1. The summed E-state index contributed by atoms with van der Waals surface area (Å²) in [6, 6.07) is 19.6. The fourth-order valence-electron chi connectivity index (χ4n) is 5.04. The second kappa shape index (κ2) is 10.4. The van der Waals surface area contributed by atoms with E-state index in [-0.39, 0.29) is 41.9 Å². The van der Waals surface area contributed by atoms with Crippen molar-refractivity contribution in [2.24, 2.45) is 5.92 Å². The summed E-state index contributed by atoms with van der Waals surface area (Å²) in [7, 11) is 0. The fourth-order valence-corrected chi connectivity index (χ4v) is 5.04. The molecule has 0 spiro atoms. The molecule has 1 aliphatic heterocycles. The van der Waals surface area contributed by atoms with E-state index in [0.717, 1.165) is 36.0 Å². The second-order valence-corrected chi connectivity index (χ2v) is 10.1. The van der Waals surface area contributed by atoms with Crippen LogP contribution < -0.4 is 10.1 Å². The average molecular weight is 526 g/mol. The molecule has 3 aromatic carbocycles. The van der Waals surface area contributed by atoms with Gasteiger partial charge in [-0.1, -0.05) is 35.9 Å². The molecule has 7 nitrogen and oxygen atoms in total. The Bertz CT molecular complexity index is 1530. The summed E-state index contributed by atoms with van der Waals surface area (Å²) in [5, 5.41) is 2.66. The van der Waals surface area contributed by atoms with Gasteiger partial charge in [-0.2, -0.15) is 0 Å². The van der Waals surface area contributed by atoms with E-state index in [1.165, 1.54) is 36.1 Å². The number of carbonyl (C=O) groups is 2. The van der Waals surface area contributed by atoms with Gasteiger partial charge in [0.15, 0.2) is 12.3 Å². The average Bonchev–Trinajstić information content (AvgIpc) is 3.69. The van der Waals surface area contributed by atoms with Crippen LogP contribution in [0, 0.1) is 18.7 Å². The first kappa shape index (κ1) is 24.9. The molecule has 1 N–H and O–H groups in total. The highest BCUT2D eigenvalue weighted by atomic mass is 19.1. The predicted octanol–water partition coefficient (Wildman–Crippen LogP) is 5.84. The molecule has 1 atom stereocenters. The molecule has 0 bridgehead atoms.